The summed E-state index contributed by atoms with van der Waals surface area (Å²) in [4.78, 5) is 19.5. The van der Waals surface area contributed by atoms with Gasteiger partial charge in [-0.15, -0.1) is 0 Å². The van der Waals surface area contributed by atoms with Gasteiger partial charge >= 0.3 is 0 Å². The van der Waals surface area contributed by atoms with E-state index in [9.17, 15) is 4.79 Å². The van der Waals surface area contributed by atoms with Crippen molar-refractivity contribution in [3.05, 3.63) is 60.0 Å². The van der Waals surface area contributed by atoms with Gasteiger partial charge in [0.05, 0.1) is 24.9 Å². The van der Waals surface area contributed by atoms with Gasteiger partial charge in [0, 0.05) is 31.2 Å². The zero-order valence-electron chi connectivity index (χ0n) is 15.8. The molecular weight excluding hydrogens is 326 g/mol. The Hall–Kier alpha value is -2.82. The zero-order valence-corrected chi connectivity index (χ0v) is 15.8. The molecule has 0 N–H and O–H groups in total. The molecule has 1 aromatic carbocycles. The molecule has 0 saturated carbocycles. The molecule has 0 radical (unpaired) electrons. The summed E-state index contributed by atoms with van der Waals surface area (Å²) < 4.78 is 7.25. The topological polar surface area (TPSA) is 47.4 Å². The van der Waals surface area contributed by atoms with Crippen LogP contribution < -0.4 is 4.74 Å². The highest BCUT2D eigenvalue weighted by Gasteiger charge is 2.21. The highest BCUT2D eigenvalue weighted by molar-refractivity contribution is 5.99. The van der Waals surface area contributed by atoms with Gasteiger partial charge in [0.15, 0.2) is 0 Å². The summed E-state index contributed by atoms with van der Waals surface area (Å²) in [6, 6.07) is 13.6. The second-order valence-corrected chi connectivity index (χ2v) is 6.91. The van der Waals surface area contributed by atoms with E-state index >= 15 is 0 Å². The summed E-state index contributed by atoms with van der Waals surface area (Å²) in [6.45, 7) is 5.42. The first-order valence-electron chi connectivity index (χ1n) is 8.82. The fourth-order valence-electron chi connectivity index (χ4n) is 3.15. The Morgan fingerprint density at radius 3 is 2.69 bits per heavy atom. The second kappa shape index (κ2) is 7.60. The van der Waals surface area contributed by atoms with Crippen LogP contribution in [-0.2, 0) is 13.6 Å². The summed E-state index contributed by atoms with van der Waals surface area (Å²) in [5, 5.41) is 1.03. The number of aryl methyl sites for hydroxylation is 1. The molecule has 136 valence electrons. The molecule has 3 aromatic rings. The molecule has 0 spiro atoms. The Balaban J connectivity index is 1.95. The van der Waals surface area contributed by atoms with Crippen molar-refractivity contribution in [1.29, 1.82) is 0 Å². The largest absolute Gasteiger partial charge is 0.497 e. The average molecular weight is 351 g/mol. The number of amides is 1. The van der Waals surface area contributed by atoms with Crippen LogP contribution in [0.2, 0.25) is 0 Å². The van der Waals surface area contributed by atoms with Gasteiger partial charge in [-0.3, -0.25) is 9.78 Å². The minimum absolute atomic E-state index is 0.0158. The number of fused-ring (bicyclic) bond motifs is 1. The maximum atomic E-state index is 13.3. The number of pyridine rings is 1. The first-order valence-corrected chi connectivity index (χ1v) is 8.82. The third kappa shape index (κ3) is 3.72. The van der Waals surface area contributed by atoms with Crippen LogP contribution in [0.5, 0.6) is 5.75 Å². The lowest BCUT2D eigenvalue weighted by atomic mass is 10.2. The van der Waals surface area contributed by atoms with Gasteiger partial charge in [0.1, 0.15) is 11.4 Å². The number of rotatable bonds is 6. The van der Waals surface area contributed by atoms with Crippen molar-refractivity contribution in [3.8, 4) is 5.75 Å². The van der Waals surface area contributed by atoms with Crippen molar-refractivity contribution in [1.82, 2.24) is 14.5 Å². The molecule has 1 amide bonds. The fourth-order valence-corrected chi connectivity index (χ4v) is 3.15. The average Bonchev–Trinajstić information content (AvgIpc) is 2.97. The van der Waals surface area contributed by atoms with Crippen LogP contribution in [0.25, 0.3) is 10.9 Å². The molecular formula is C21H25N3O2. The standard InChI is InChI=1S/C21H25N3O2/c1-15(2)13-24(14-17-7-5-6-10-22-17)21(25)20-11-16-8-9-18(26-4)12-19(16)23(20)3/h5-12,15H,13-14H2,1-4H3. The molecule has 0 aliphatic rings. The predicted molar refractivity (Wildman–Crippen MR) is 103 cm³/mol. The van der Waals surface area contributed by atoms with Crippen molar-refractivity contribution in [2.45, 2.75) is 20.4 Å². The van der Waals surface area contributed by atoms with E-state index in [0.29, 0.717) is 24.7 Å². The van der Waals surface area contributed by atoms with Gasteiger partial charge in [-0.1, -0.05) is 19.9 Å². The number of carbonyl (C=O) groups excluding carboxylic acids is 1. The van der Waals surface area contributed by atoms with Crippen molar-refractivity contribution in [2.75, 3.05) is 13.7 Å². The lowest BCUT2D eigenvalue weighted by molar-refractivity contribution is 0.0711. The van der Waals surface area contributed by atoms with Crippen molar-refractivity contribution in [2.24, 2.45) is 13.0 Å². The van der Waals surface area contributed by atoms with Gasteiger partial charge in [-0.05, 0) is 36.2 Å². The quantitative estimate of drug-likeness (QED) is 0.677. The summed E-state index contributed by atoms with van der Waals surface area (Å²) in [7, 11) is 3.57. The predicted octanol–water partition coefficient (Wildman–Crippen LogP) is 3.88. The number of aromatic nitrogens is 2. The summed E-state index contributed by atoms with van der Waals surface area (Å²) in [6.07, 6.45) is 1.76. The zero-order chi connectivity index (χ0) is 18.7. The van der Waals surface area contributed by atoms with E-state index in [1.54, 1.807) is 13.3 Å². The molecule has 5 nitrogen and oxygen atoms in total. The number of benzene rings is 1. The normalized spacial score (nSPS) is 11.1. The highest BCUT2D eigenvalue weighted by atomic mass is 16.5. The molecule has 2 aromatic heterocycles. The minimum atomic E-state index is 0.0158. The fraction of sp³-hybridized carbons (Fsp3) is 0.333. The number of hydrogen-bond donors (Lipinski definition) is 0. The molecule has 26 heavy (non-hydrogen) atoms. The van der Waals surface area contributed by atoms with E-state index in [4.69, 9.17) is 4.74 Å². The number of carbonyl (C=O) groups is 1. The third-order valence-electron chi connectivity index (χ3n) is 4.42. The summed E-state index contributed by atoms with van der Waals surface area (Å²) in [5.41, 5.74) is 2.54. The lowest BCUT2D eigenvalue weighted by Gasteiger charge is -2.24. The first kappa shape index (κ1) is 18.0. The van der Waals surface area contributed by atoms with Crippen LogP contribution in [-0.4, -0.2) is 34.0 Å². The van der Waals surface area contributed by atoms with E-state index in [2.05, 4.69) is 18.8 Å². The van der Waals surface area contributed by atoms with Gasteiger partial charge in [0.25, 0.3) is 5.91 Å². The SMILES string of the molecule is COc1ccc2cc(C(=O)N(Cc3ccccn3)CC(C)C)n(C)c2c1. The van der Waals surface area contributed by atoms with Gasteiger partial charge in [0.2, 0.25) is 0 Å². The minimum Gasteiger partial charge on any atom is -0.497 e. The molecule has 0 atom stereocenters. The summed E-state index contributed by atoms with van der Waals surface area (Å²) in [5.74, 6) is 1.17. The molecule has 0 unspecified atom stereocenters. The Kier molecular flexibility index (Phi) is 5.26. The van der Waals surface area contributed by atoms with Gasteiger partial charge < -0.3 is 14.2 Å². The van der Waals surface area contributed by atoms with Crippen LogP contribution in [0, 0.1) is 5.92 Å². The monoisotopic (exact) mass is 351 g/mol. The van der Waals surface area contributed by atoms with Crippen LogP contribution in [0.15, 0.2) is 48.7 Å². The second-order valence-electron chi connectivity index (χ2n) is 6.91. The Morgan fingerprint density at radius 2 is 2.04 bits per heavy atom. The van der Waals surface area contributed by atoms with Crippen LogP contribution >= 0.6 is 0 Å². The Bertz CT molecular complexity index is 900. The maximum absolute atomic E-state index is 13.3. The molecule has 0 saturated heterocycles. The molecule has 0 aliphatic heterocycles. The highest BCUT2D eigenvalue weighted by Crippen LogP contribution is 2.25. The first-order chi connectivity index (χ1) is 12.5. The number of methoxy groups -OCH3 is 1. The van der Waals surface area contributed by atoms with Gasteiger partial charge in [-0.2, -0.15) is 0 Å². The molecule has 5 heteroatoms. The van der Waals surface area contributed by atoms with E-state index in [1.807, 2.05) is 59.0 Å². The smallest absolute Gasteiger partial charge is 0.270 e. The van der Waals surface area contributed by atoms with Crippen molar-refractivity contribution >= 4 is 16.8 Å². The number of hydrogen-bond acceptors (Lipinski definition) is 3. The Labute approximate surface area is 154 Å². The molecule has 0 bridgehead atoms. The van der Waals surface area contributed by atoms with Crippen LogP contribution in [0.4, 0.5) is 0 Å². The lowest BCUT2D eigenvalue weighted by Crippen LogP contribution is -2.35. The molecule has 0 fully saturated rings. The van der Waals surface area contributed by atoms with E-state index in [-0.39, 0.29) is 5.91 Å². The maximum Gasteiger partial charge on any atom is 0.270 e. The van der Waals surface area contributed by atoms with Crippen molar-refractivity contribution in [3.63, 3.8) is 0 Å². The van der Waals surface area contributed by atoms with Crippen LogP contribution in [0.1, 0.15) is 30.0 Å². The van der Waals surface area contributed by atoms with E-state index < -0.39 is 0 Å². The van der Waals surface area contributed by atoms with Crippen molar-refractivity contribution < 1.29 is 9.53 Å². The van der Waals surface area contributed by atoms with Gasteiger partial charge in [-0.25, -0.2) is 0 Å². The van der Waals surface area contributed by atoms with Crippen LogP contribution in [0.3, 0.4) is 0 Å². The van der Waals surface area contributed by atoms with E-state index in [0.717, 1.165) is 22.3 Å². The molecule has 0 aliphatic carbocycles. The Morgan fingerprint density at radius 1 is 1.23 bits per heavy atom. The number of nitrogens with zero attached hydrogens (tertiary/aromatic N) is 3. The molecule has 3 rings (SSSR count). The number of ether oxygens (including phenoxy) is 1. The molecule has 2 heterocycles. The third-order valence-corrected chi connectivity index (χ3v) is 4.42. The summed E-state index contributed by atoms with van der Waals surface area (Å²) >= 11 is 0. The van der Waals surface area contributed by atoms with E-state index in [1.165, 1.54) is 0 Å².